The lowest BCUT2D eigenvalue weighted by Gasteiger charge is -2.18. The third kappa shape index (κ3) is 3.35. The second-order valence-electron chi connectivity index (χ2n) is 4.60. The van der Waals surface area contributed by atoms with E-state index in [1.807, 2.05) is 0 Å². The lowest BCUT2D eigenvalue weighted by molar-refractivity contribution is 0.481. The van der Waals surface area contributed by atoms with Crippen molar-refractivity contribution in [2.45, 2.75) is 38.6 Å². The van der Waals surface area contributed by atoms with Gasteiger partial charge in [0.15, 0.2) is 0 Å². The van der Waals surface area contributed by atoms with Gasteiger partial charge in [0.25, 0.3) is 0 Å². The van der Waals surface area contributed by atoms with E-state index in [2.05, 4.69) is 42.6 Å². The van der Waals surface area contributed by atoms with Gasteiger partial charge in [0.1, 0.15) is 0 Å². The molecule has 0 heterocycles. The van der Waals surface area contributed by atoms with Gasteiger partial charge in [0, 0.05) is 6.04 Å². The molecule has 15 heavy (non-hydrogen) atoms. The van der Waals surface area contributed by atoms with E-state index in [0.29, 0.717) is 6.04 Å². The fourth-order valence-corrected chi connectivity index (χ4v) is 1.99. The minimum atomic E-state index is 0.566. The summed E-state index contributed by atoms with van der Waals surface area (Å²) in [5, 5.41) is 3.70. The first-order valence-corrected chi connectivity index (χ1v) is 6.18. The monoisotopic (exact) mass is 203 g/mol. The zero-order valence-electron chi connectivity index (χ0n) is 9.58. The van der Waals surface area contributed by atoms with Crippen molar-refractivity contribution in [3.8, 4) is 0 Å². The van der Waals surface area contributed by atoms with Crippen molar-refractivity contribution in [2.24, 2.45) is 5.92 Å². The first-order chi connectivity index (χ1) is 7.40. The molecule has 0 radical (unpaired) electrons. The highest BCUT2D eigenvalue weighted by atomic mass is 14.9. The highest BCUT2D eigenvalue weighted by Gasteiger charge is 2.22. The van der Waals surface area contributed by atoms with E-state index in [-0.39, 0.29) is 0 Å². The molecule has 1 unspecified atom stereocenters. The zero-order chi connectivity index (χ0) is 10.5. The Balaban J connectivity index is 1.91. The van der Waals surface area contributed by atoms with Gasteiger partial charge >= 0.3 is 0 Å². The predicted octanol–water partition coefficient (Wildman–Crippen LogP) is 3.53. The average molecular weight is 203 g/mol. The van der Waals surface area contributed by atoms with Crippen LogP contribution in [-0.4, -0.2) is 6.54 Å². The molecule has 2 rings (SSSR count). The lowest BCUT2D eigenvalue weighted by atomic mass is 10.0. The van der Waals surface area contributed by atoms with Crippen LogP contribution >= 0.6 is 0 Å². The molecule has 1 aliphatic rings. The maximum atomic E-state index is 3.70. The van der Waals surface area contributed by atoms with Gasteiger partial charge in [-0.2, -0.15) is 0 Å². The molecule has 82 valence electrons. The molecule has 0 aliphatic heterocycles. The van der Waals surface area contributed by atoms with Gasteiger partial charge in [-0.15, -0.1) is 0 Å². The normalized spacial score (nSPS) is 17.7. The SMILES string of the molecule is CCCC(NCC1CC1)c1ccccc1. The zero-order valence-corrected chi connectivity index (χ0v) is 9.58. The van der Waals surface area contributed by atoms with Gasteiger partial charge in [-0.25, -0.2) is 0 Å². The van der Waals surface area contributed by atoms with Crippen molar-refractivity contribution in [3.63, 3.8) is 0 Å². The molecule has 1 aromatic rings. The summed E-state index contributed by atoms with van der Waals surface area (Å²) in [7, 11) is 0. The molecule has 1 saturated carbocycles. The van der Waals surface area contributed by atoms with Crippen LogP contribution in [0.5, 0.6) is 0 Å². The minimum Gasteiger partial charge on any atom is -0.310 e. The lowest BCUT2D eigenvalue weighted by Crippen LogP contribution is -2.23. The first-order valence-electron chi connectivity index (χ1n) is 6.18. The summed E-state index contributed by atoms with van der Waals surface area (Å²) in [6, 6.07) is 11.4. The quantitative estimate of drug-likeness (QED) is 0.746. The molecular formula is C14H21N. The van der Waals surface area contributed by atoms with Crippen molar-refractivity contribution < 1.29 is 0 Å². The van der Waals surface area contributed by atoms with E-state index >= 15 is 0 Å². The Morgan fingerprint density at radius 3 is 2.60 bits per heavy atom. The summed E-state index contributed by atoms with van der Waals surface area (Å²) in [5.74, 6) is 0.966. The number of hydrogen-bond acceptors (Lipinski definition) is 1. The van der Waals surface area contributed by atoms with Gasteiger partial charge in [-0.05, 0) is 37.3 Å². The first kappa shape index (κ1) is 10.7. The Bertz CT molecular complexity index is 277. The molecular weight excluding hydrogens is 182 g/mol. The van der Waals surface area contributed by atoms with Crippen molar-refractivity contribution in [1.29, 1.82) is 0 Å². The summed E-state index contributed by atoms with van der Waals surface area (Å²) in [6.07, 6.45) is 5.36. The van der Waals surface area contributed by atoms with Crippen LogP contribution in [0, 0.1) is 5.92 Å². The fraction of sp³-hybridized carbons (Fsp3) is 0.571. The number of benzene rings is 1. The Labute approximate surface area is 92.9 Å². The van der Waals surface area contributed by atoms with Gasteiger partial charge in [-0.1, -0.05) is 43.7 Å². The molecule has 1 nitrogen and oxygen atoms in total. The highest BCUT2D eigenvalue weighted by Crippen LogP contribution is 2.29. The van der Waals surface area contributed by atoms with Crippen LogP contribution in [-0.2, 0) is 0 Å². The smallest absolute Gasteiger partial charge is 0.0320 e. The number of nitrogens with one attached hydrogen (secondary N) is 1. The molecule has 0 amide bonds. The van der Waals surface area contributed by atoms with E-state index in [1.54, 1.807) is 0 Å². The predicted molar refractivity (Wildman–Crippen MR) is 64.8 cm³/mol. The standard InChI is InChI=1S/C14H21N/c1-2-6-14(15-11-12-9-10-12)13-7-4-3-5-8-13/h3-5,7-8,12,14-15H,2,6,9-11H2,1H3. The van der Waals surface area contributed by atoms with E-state index < -0.39 is 0 Å². The van der Waals surface area contributed by atoms with Crippen LogP contribution in [0.2, 0.25) is 0 Å². The summed E-state index contributed by atoms with van der Waals surface area (Å²) in [5.41, 5.74) is 1.44. The summed E-state index contributed by atoms with van der Waals surface area (Å²) >= 11 is 0. The second kappa shape index (κ2) is 5.32. The Hall–Kier alpha value is -0.820. The minimum absolute atomic E-state index is 0.566. The van der Waals surface area contributed by atoms with Gasteiger partial charge in [-0.3, -0.25) is 0 Å². The Morgan fingerprint density at radius 2 is 2.00 bits per heavy atom. The van der Waals surface area contributed by atoms with Gasteiger partial charge < -0.3 is 5.32 Å². The van der Waals surface area contributed by atoms with Gasteiger partial charge in [0.2, 0.25) is 0 Å². The van der Waals surface area contributed by atoms with E-state index in [1.165, 1.54) is 37.8 Å². The summed E-state index contributed by atoms with van der Waals surface area (Å²) < 4.78 is 0. The molecule has 1 fully saturated rings. The largest absolute Gasteiger partial charge is 0.310 e. The van der Waals surface area contributed by atoms with Crippen LogP contribution < -0.4 is 5.32 Å². The molecule has 1 heteroatoms. The molecule has 1 aromatic carbocycles. The molecule has 0 spiro atoms. The molecule has 0 saturated heterocycles. The van der Waals surface area contributed by atoms with Gasteiger partial charge in [0.05, 0.1) is 0 Å². The van der Waals surface area contributed by atoms with Crippen LogP contribution in [0.25, 0.3) is 0 Å². The van der Waals surface area contributed by atoms with Crippen molar-refractivity contribution in [3.05, 3.63) is 35.9 Å². The Kier molecular flexibility index (Phi) is 3.79. The summed E-state index contributed by atoms with van der Waals surface area (Å²) in [6.45, 7) is 3.47. The molecule has 1 N–H and O–H groups in total. The van der Waals surface area contributed by atoms with Crippen LogP contribution in [0.4, 0.5) is 0 Å². The van der Waals surface area contributed by atoms with Crippen molar-refractivity contribution in [1.82, 2.24) is 5.32 Å². The van der Waals surface area contributed by atoms with E-state index in [0.717, 1.165) is 5.92 Å². The molecule has 0 bridgehead atoms. The summed E-state index contributed by atoms with van der Waals surface area (Å²) in [4.78, 5) is 0. The topological polar surface area (TPSA) is 12.0 Å². The van der Waals surface area contributed by atoms with Crippen molar-refractivity contribution >= 4 is 0 Å². The Morgan fingerprint density at radius 1 is 1.27 bits per heavy atom. The molecule has 1 atom stereocenters. The number of rotatable bonds is 6. The average Bonchev–Trinajstić information content (AvgIpc) is 3.09. The van der Waals surface area contributed by atoms with E-state index in [9.17, 15) is 0 Å². The van der Waals surface area contributed by atoms with Crippen LogP contribution in [0.15, 0.2) is 30.3 Å². The number of hydrogen-bond donors (Lipinski definition) is 1. The second-order valence-corrected chi connectivity index (χ2v) is 4.60. The third-order valence-corrected chi connectivity index (χ3v) is 3.13. The van der Waals surface area contributed by atoms with Crippen LogP contribution in [0.1, 0.15) is 44.2 Å². The van der Waals surface area contributed by atoms with Crippen LogP contribution in [0.3, 0.4) is 0 Å². The highest BCUT2D eigenvalue weighted by molar-refractivity contribution is 5.18. The molecule has 0 aromatic heterocycles. The third-order valence-electron chi connectivity index (χ3n) is 3.13. The maximum Gasteiger partial charge on any atom is 0.0320 e. The maximum absolute atomic E-state index is 3.70. The van der Waals surface area contributed by atoms with Crippen molar-refractivity contribution in [2.75, 3.05) is 6.54 Å². The van der Waals surface area contributed by atoms with E-state index in [4.69, 9.17) is 0 Å². The molecule has 1 aliphatic carbocycles. The fourth-order valence-electron chi connectivity index (χ4n) is 1.99.